The Morgan fingerprint density at radius 3 is 1.88 bits per heavy atom. The molecule has 0 atom stereocenters. The van der Waals surface area contributed by atoms with Gasteiger partial charge in [0.1, 0.15) is 0 Å². The van der Waals surface area contributed by atoms with Crippen LogP contribution in [0.3, 0.4) is 0 Å². The molecule has 0 aliphatic rings. The molecule has 0 aliphatic carbocycles. The first kappa shape index (κ1) is 14.8. The second kappa shape index (κ2) is 5.74. The molecule has 4 nitrogen and oxygen atoms in total. The first-order chi connectivity index (χ1) is 7.05. The van der Waals surface area contributed by atoms with E-state index in [0.29, 0.717) is 5.56 Å². The summed E-state index contributed by atoms with van der Waals surface area (Å²) in [7, 11) is 0. The summed E-state index contributed by atoms with van der Waals surface area (Å²) >= 11 is 0. The van der Waals surface area contributed by atoms with Crippen molar-refractivity contribution < 1.29 is 19.8 Å². The summed E-state index contributed by atoms with van der Waals surface area (Å²) in [6.45, 7) is 1.55. The molecule has 0 bridgehead atoms. The second-order valence-corrected chi connectivity index (χ2v) is 3.24. The van der Waals surface area contributed by atoms with E-state index in [1.807, 2.05) is 0 Å². The van der Waals surface area contributed by atoms with Gasteiger partial charge in [-0.2, -0.15) is 0 Å². The van der Waals surface area contributed by atoms with E-state index in [1.165, 1.54) is 12.1 Å². The molecule has 2 N–H and O–H groups in total. The van der Waals surface area contributed by atoms with Gasteiger partial charge in [-0.05, 0) is 12.0 Å². The van der Waals surface area contributed by atoms with Crippen LogP contribution in [0, 0.1) is 0 Å². The van der Waals surface area contributed by atoms with Crippen LogP contribution in [-0.2, 0) is 15.0 Å². The molecule has 82 valence electrons. The third-order valence-corrected chi connectivity index (χ3v) is 2.53. The minimum absolute atomic E-state index is 0. The molecule has 0 aromatic heterocycles. The fraction of sp³-hybridized carbons (Fsp3) is 0.273. The Bertz CT molecular complexity index is 361. The standard InChI is InChI=1S/C11H12O4.Li.H/c1-2-11(9(12)13,10(14)15)8-6-4-3-5-7-8;;/h3-7H,2H2,1H3,(H,12,13)(H,14,15);;. The van der Waals surface area contributed by atoms with Crippen molar-refractivity contribution in [1.82, 2.24) is 0 Å². The van der Waals surface area contributed by atoms with Gasteiger partial charge in [0.2, 0.25) is 0 Å². The topological polar surface area (TPSA) is 74.6 Å². The molecule has 1 aromatic rings. The zero-order valence-electron chi connectivity index (χ0n) is 8.30. The number of hydrogen-bond donors (Lipinski definition) is 2. The van der Waals surface area contributed by atoms with Gasteiger partial charge in [0.15, 0.2) is 5.41 Å². The molecule has 0 heterocycles. The van der Waals surface area contributed by atoms with Crippen molar-refractivity contribution in [3.8, 4) is 0 Å². The van der Waals surface area contributed by atoms with Crippen molar-refractivity contribution in [2.45, 2.75) is 18.8 Å². The van der Waals surface area contributed by atoms with Crippen molar-refractivity contribution in [2.75, 3.05) is 0 Å². The van der Waals surface area contributed by atoms with Crippen molar-refractivity contribution >= 4 is 30.8 Å². The molecule has 16 heavy (non-hydrogen) atoms. The van der Waals surface area contributed by atoms with Crippen molar-refractivity contribution in [3.05, 3.63) is 35.9 Å². The number of carboxylic acids is 2. The van der Waals surface area contributed by atoms with Crippen LogP contribution < -0.4 is 0 Å². The van der Waals surface area contributed by atoms with Crippen LogP contribution in [0.15, 0.2) is 30.3 Å². The average molecular weight is 216 g/mol. The fourth-order valence-electron chi connectivity index (χ4n) is 1.57. The Hall–Kier alpha value is -1.24. The quantitative estimate of drug-likeness (QED) is 0.578. The van der Waals surface area contributed by atoms with Gasteiger partial charge in [0.05, 0.1) is 0 Å². The number of carbonyl (C=O) groups is 2. The predicted molar refractivity (Wildman–Crippen MR) is 60.8 cm³/mol. The molecule has 0 saturated heterocycles. The first-order valence-electron chi connectivity index (χ1n) is 4.58. The molecule has 0 unspecified atom stereocenters. The van der Waals surface area contributed by atoms with E-state index in [1.54, 1.807) is 25.1 Å². The second-order valence-electron chi connectivity index (χ2n) is 3.24. The monoisotopic (exact) mass is 216 g/mol. The number of carboxylic acid groups (broad SMARTS) is 2. The van der Waals surface area contributed by atoms with Gasteiger partial charge >= 0.3 is 30.8 Å². The molecule has 1 rings (SSSR count). The SMILES string of the molecule is CCC(C(=O)O)(C(=O)O)c1ccccc1.[LiH]. The number of benzene rings is 1. The van der Waals surface area contributed by atoms with E-state index >= 15 is 0 Å². The van der Waals surface area contributed by atoms with E-state index in [4.69, 9.17) is 10.2 Å². The Labute approximate surface area is 105 Å². The number of hydrogen-bond acceptors (Lipinski definition) is 2. The Morgan fingerprint density at radius 2 is 1.56 bits per heavy atom. The molecular weight excluding hydrogens is 203 g/mol. The van der Waals surface area contributed by atoms with E-state index in [9.17, 15) is 9.59 Å². The third-order valence-electron chi connectivity index (χ3n) is 2.53. The maximum atomic E-state index is 11.1. The van der Waals surface area contributed by atoms with Gasteiger partial charge in [-0.25, -0.2) is 0 Å². The molecule has 0 saturated carbocycles. The predicted octanol–water partition coefficient (Wildman–Crippen LogP) is 0.855. The molecule has 0 radical (unpaired) electrons. The molecule has 1 aromatic carbocycles. The average Bonchev–Trinajstić information content (AvgIpc) is 2.20. The summed E-state index contributed by atoms with van der Waals surface area (Å²) in [5.74, 6) is -2.66. The summed E-state index contributed by atoms with van der Waals surface area (Å²) in [5.41, 5.74) is -1.53. The van der Waals surface area contributed by atoms with Crippen LogP contribution in [-0.4, -0.2) is 41.0 Å². The van der Waals surface area contributed by atoms with Crippen LogP contribution in [0.5, 0.6) is 0 Å². The third kappa shape index (κ3) is 2.29. The summed E-state index contributed by atoms with van der Waals surface area (Å²) < 4.78 is 0. The normalized spacial score (nSPS) is 10.3. The van der Waals surface area contributed by atoms with Gasteiger partial charge in [0.25, 0.3) is 0 Å². The van der Waals surface area contributed by atoms with Gasteiger partial charge < -0.3 is 10.2 Å². The molecule has 0 amide bonds. The summed E-state index contributed by atoms with van der Waals surface area (Å²) in [6.07, 6.45) is 0.0156. The minimum atomic E-state index is -1.83. The first-order valence-corrected chi connectivity index (χ1v) is 4.58. The Kier molecular flexibility index (Phi) is 5.29. The molecule has 0 fully saturated rings. The van der Waals surface area contributed by atoms with Crippen LogP contribution in [0.2, 0.25) is 0 Å². The van der Waals surface area contributed by atoms with Gasteiger partial charge in [0, 0.05) is 0 Å². The maximum absolute atomic E-state index is 11.1. The van der Waals surface area contributed by atoms with Crippen molar-refractivity contribution in [1.29, 1.82) is 0 Å². The zero-order chi connectivity index (χ0) is 11.5. The van der Waals surface area contributed by atoms with Gasteiger partial charge in [-0.3, -0.25) is 9.59 Å². The molecule has 0 aliphatic heterocycles. The Morgan fingerprint density at radius 1 is 1.12 bits per heavy atom. The van der Waals surface area contributed by atoms with Crippen LogP contribution in [0.1, 0.15) is 18.9 Å². The van der Waals surface area contributed by atoms with Crippen LogP contribution >= 0.6 is 0 Å². The van der Waals surface area contributed by atoms with Gasteiger partial charge in [-0.1, -0.05) is 37.3 Å². The number of aliphatic carboxylic acids is 2. The molecular formula is C11H13LiO4. The summed E-state index contributed by atoms with van der Waals surface area (Å²) in [4.78, 5) is 22.2. The van der Waals surface area contributed by atoms with Crippen LogP contribution in [0.25, 0.3) is 0 Å². The van der Waals surface area contributed by atoms with E-state index < -0.39 is 17.4 Å². The molecule has 5 heteroatoms. The van der Waals surface area contributed by atoms with Crippen molar-refractivity contribution in [3.63, 3.8) is 0 Å². The van der Waals surface area contributed by atoms with Crippen LogP contribution in [0.4, 0.5) is 0 Å². The van der Waals surface area contributed by atoms with Crippen molar-refractivity contribution in [2.24, 2.45) is 0 Å². The fourth-order valence-corrected chi connectivity index (χ4v) is 1.57. The van der Waals surface area contributed by atoms with E-state index in [2.05, 4.69) is 0 Å². The molecule has 0 spiro atoms. The number of rotatable bonds is 4. The van der Waals surface area contributed by atoms with E-state index in [0.717, 1.165) is 0 Å². The van der Waals surface area contributed by atoms with E-state index in [-0.39, 0.29) is 25.3 Å². The Balaban J connectivity index is 0.00000225. The summed E-state index contributed by atoms with van der Waals surface area (Å²) in [6, 6.07) is 8.02. The van der Waals surface area contributed by atoms with Gasteiger partial charge in [-0.15, -0.1) is 0 Å². The zero-order valence-corrected chi connectivity index (χ0v) is 8.30. The summed E-state index contributed by atoms with van der Waals surface area (Å²) in [5, 5.41) is 18.1.